The molecule has 1 aliphatic heterocycles. The molecule has 0 radical (unpaired) electrons. The van der Waals surface area contributed by atoms with Gasteiger partial charge in [-0.25, -0.2) is 0 Å². The van der Waals surface area contributed by atoms with E-state index in [4.69, 9.17) is 4.52 Å². The third-order valence-corrected chi connectivity index (χ3v) is 5.28. The summed E-state index contributed by atoms with van der Waals surface area (Å²) in [5.74, 6) is 0.387. The Balaban J connectivity index is 1.49. The molecule has 3 aromatic rings. The van der Waals surface area contributed by atoms with Crippen molar-refractivity contribution >= 4 is 28.5 Å². The van der Waals surface area contributed by atoms with Crippen molar-refractivity contribution in [1.82, 2.24) is 10.1 Å². The van der Waals surface area contributed by atoms with Crippen LogP contribution >= 0.6 is 0 Å². The number of hydrogen-bond acceptors (Lipinski definition) is 4. The van der Waals surface area contributed by atoms with Crippen molar-refractivity contribution in [3.8, 4) is 0 Å². The van der Waals surface area contributed by atoms with Gasteiger partial charge in [0.2, 0.25) is 5.91 Å². The predicted molar refractivity (Wildman–Crippen MR) is 107 cm³/mol. The van der Waals surface area contributed by atoms with Crippen molar-refractivity contribution in [3.63, 3.8) is 0 Å². The van der Waals surface area contributed by atoms with Gasteiger partial charge in [0.15, 0.2) is 5.58 Å². The van der Waals surface area contributed by atoms with E-state index in [0.29, 0.717) is 28.4 Å². The fourth-order valence-corrected chi connectivity index (χ4v) is 3.57. The minimum atomic E-state index is -0.230. The highest BCUT2D eigenvalue weighted by Gasteiger charge is 2.24. The average molecular weight is 377 g/mol. The maximum Gasteiger partial charge on any atom is 0.255 e. The molecule has 1 saturated heterocycles. The quantitative estimate of drug-likeness (QED) is 0.749. The second-order valence-electron chi connectivity index (χ2n) is 7.37. The zero-order valence-corrected chi connectivity index (χ0v) is 15.9. The number of aromatic nitrogens is 1. The molecule has 1 fully saturated rings. The van der Waals surface area contributed by atoms with Crippen LogP contribution in [0.1, 0.15) is 35.8 Å². The van der Waals surface area contributed by atoms with E-state index in [1.54, 1.807) is 12.1 Å². The molecule has 0 bridgehead atoms. The standard InChI is InChI=1S/C22H23N3O3/c1-15-10-12-25(13-11-15)22(27)17-7-2-4-8-18(17)23-21(26)14-19-16-6-3-5-9-20(16)28-24-19/h2-9,15H,10-14H2,1H3,(H,23,26). The van der Waals surface area contributed by atoms with Crippen molar-refractivity contribution in [2.24, 2.45) is 5.92 Å². The molecular formula is C22H23N3O3. The number of anilines is 1. The zero-order chi connectivity index (χ0) is 19.5. The number of para-hydroxylation sites is 2. The van der Waals surface area contributed by atoms with E-state index in [9.17, 15) is 9.59 Å². The molecule has 1 aliphatic rings. The molecule has 1 aromatic heterocycles. The molecule has 28 heavy (non-hydrogen) atoms. The first-order valence-electron chi connectivity index (χ1n) is 9.63. The summed E-state index contributed by atoms with van der Waals surface area (Å²) in [6.07, 6.45) is 2.11. The Labute approximate surface area is 163 Å². The molecule has 6 heteroatoms. The van der Waals surface area contributed by atoms with Crippen molar-refractivity contribution < 1.29 is 14.1 Å². The number of nitrogens with zero attached hydrogens (tertiary/aromatic N) is 2. The Bertz CT molecular complexity index is 1000. The highest BCUT2D eigenvalue weighted by molar-refractivity contribution is 6.04. The number of rotatable bonds is 4. The Kier molecular flexibility index (Phi) is 5.10. The summed E-state index contributed by atoms with van der Waals surface area (Å²) in [6.45, 7) is 3.73. The van der Waals surface area contributed by atoms with Gasteiger partial charge in [-0.3, -0.25) is 9.59 Å². The smallest absolute Gasteiger partial charge is 0.255 e. The fourth-order valence-electron chi connectivity index (χ4n) is 3.57. The van der Waals surface area contributed by atoms with Gasteiger partial charge in [-0.1, -0.05) is 36.3 Å². The second-order valence-corrected chi connectivity index (χ2v) is 7.37. The Morgan fingerprint density at radius 3 is 2.64 bits per heavy atom. The molecule has 1 N–H and O–H groups in total. The highest BCUT2D eigenvalue weighted by Crippen LogP contribution is 2.23. The lowest BCUT2D eigenvalue weighted by molar-refractivity contribution is -0.115. The highest BCUT2D eigenvalue weighted by atomic mass is 16.5. The molecule has 6 nitrogen and oxygen atoms in total. The SMILES string of the molecule is CC1CCN(C(=O)c2ccccc2NC(=O)Cc2noc3ccccc23)CC1. The van der Waals surface area contributed by atoms with E-state index in [2.05, 4.69) is 17.4 Å². The number of nitrogens with one attached hydrogen (secondary N) is 1. The van der Waals surface area contributed by atoms with Gasteiger partial charge in [-0.05, 0) is 43.0 Å². The Hall–Kier alpha value is -3.15. The molecular weight excluding hydrogens is 354 g/mol. The monoisotopic (exact) mass is 377 g/mol. The third kappa shape index (κ3) is 3.76. The maximum absolute atomic E-state index is 12.9. The topological polar surface area (TPSA) is 75.4 Å². The van der Waals surface area contributed by atoms with Crippen LogP contribution in [0.15, 0.2) is 53.1 Å². The van der Waals surface area contributed by atoms with E-state index in [-0.39, 0.29) is 18.2 Å². The molecule has 0 unspecified atom stereocenters. The summed E-state index contributed by atoms with van der Waals surface area (Å²) in [7, 11) is 0. The Morgan fingerprint density at radius 2 is 1.82 bits per heavy atom. The van der Waals surface area contributed by atoms with E-state index in [0.717, 1.165) is 31.3 Å². The van der Waals surface area contributed by atoms with Crippen LogP contribution in [0.5, 0.6) is 0 Å². The molecule has 0 aliphatic carbocycles. The van der Waals surface area contributed by atoms with Crippen LogP contribution in [0.2, 0.25) is 0 Å². The van der Waals surface area contributed by atoms with Crippen LogP contribution in [0.3, 0.4) is 0 Å². The van der Waals surface area contributed by atoms with Gasteiger partial charge < -0.3 is 14.7 Å². The third-order valence-electron chi connectivity index (χ3n) is 5.28. The number of benzene rings is 2. The molecule has 144 valence electrons. The number of amides is 2. The van der Waals surface area contributed by atoms with E-state index >= 15 is 0 Å². The number of carbonyl (C=O) groups excluding carboxylic acids is 2. The average Bonchev–Trinajstić information content (AvgIpc) is 3.11. The van der Waals surface area contributed by atoms with Gasteiger partial charge in [0.1, 0.15) is 5.69 Å². The van der Waals surface area contributed by atoms with Crippen LogP contribution in [0.25, 0.3) is 11.0 Å². The minimum absolute atomic E-state index is 0.0327. The number of hydrogen-bond donors (Lipinski definition) is 1. The lowest BCUT2D eigenvalue weighted by Crippen LogP contribution is -2.38. The summed E-state index contributed by atoms with van der Waals surface area (Å²) < 4.78 is 5.26. The first kappa shape index (κ1) is 18.2. The van der Waals surface area contributed by atoms with Gasteiger partial charge in [-0.15, -0.1) is 0 Å². The first-order chi connectivity index (χ1) is 13.6. The van der Waals surface area contributed by atoms with E-state index in [1.807, 2.05) is 41.3 Å². The van der Waals surface area contributed by atoms with Gasteiger partial charge in [0, 0.05) is 18.5 Å². The summed E-state index contributed by atoms with van der Waals surface area (Å²) in [4.78, 5) is 27.4. The number of piperidine rings is 1. The van der Waals surface area contributed by atoms with Crippen LogP contribution < -0.4 is 5.32 Å². The predicted octanol–water partition coefficient (Wildman–Crippen LogP) is 3.88. The van der Waals surface area contributed by atoms with Crippen LogP contribution in [-0.4, -0.2) is 35.0 Å². The lowest BCUT2D eigenvalue weighted by Gasteiger charge is -2.30. The molecule has 2 amide bonds. The number of fused-ring (bicyclic) bond motifs is 1. The Morgan fingerprint density at radius 1 is 1.11 bits per heavy atom. The molecule has 0 spiro atoms. The zero-order valence-electron chi connectivity index (χ0n) is 15.9. The normalized spacial score (nSPS) is 15.0. The minimum Gasteiger partial charge on any atom is -0.356 e. The lowest BCUT2D eigenvalue weighted by atomic mass is 9.98. The van der Waals surface area contributed by atoms with Crippen LogP contribution in [0, 0.1) is 5.92 Å². The molecule has 2 heterocycles. The summed E-state index contributed by atoms with van der Waals surface area (Å²) >= 11 is 0. The molecule has 2 aromatic carbocycles. The van der Waals surface area contributed by atoms with Gasteiger partial charge in [0.05, 0.1) is 17.7 Å². The van der Waals surface area contributed by atoms with Crippen LogP contribution in [0.4, 0.5) is 5.69 Å². The largest absolute Gasteiger partial charge is 0.356 e. The van der Waals surface area contributed by atoms with Crippen LogP contribution in [-0.2, 0) is 11.2 Å². The van der Waals surface area contributed by atoms with Crippen molar-refractivity contribution in [1.29, 1.82) is 0 Å². The van der Waals surface area contributed by atoms with Crippen molar-refractivity contribution in [3.05, 3.63) is 59.8 Å². The number of carbonyl (C=O) groups is 2. The van der Waals surface area contributed by atoms with E-state index < -0.39 is 0 Å². The van der Waals surface area contributed by atoms with Gasteiger partial charge in [-0.2, -0.15) is 0 Å². The fraction of sp³-hybridized carbons (Fsp3) is 0.318. The van der Waals surface area contributed by atoms with Gasteiger partial charge in [0.25, 0.3) is 5.91 Å². The number of likely N-dealkylation sites (tertiary alicyclic amines) is 1. The maximum atomic E-state index is 12.9. The van der Waals surface area contributed by atoms with Gasteiger partial charge >= 0.3 is 0 Å². The summed E-state index contributed by atoms with van der Waals surface area (Å²) in [6, 6.07) is 14.6. The first-order valence-corrected chi connectivity index (χ1v) is 9.63. The molecule has 4 rings (SSSR count). The van der Waals surface area contributed by atoms with Crippen molar-refractivity contribution in [2.75, 3.05) is 18.4 Å². The van der Waals surface area contributed by atoms with E-state index in [1.165, 1.54) is 0 Å². The summed E-state index contributed by atoms with van der Waals surface area (Å²) in [5.41, 5.74) is 2.29. The molecule has 0 atom stereocenters. The summed E-state index contributed by atoms with van der Waals surface area (Å²) in [5, 5.41) is 7.70. The molecule has 0 saturated carbocycles. The second kappa shape index (κ2) is 7.84. The van der Waals surface area contributed by atoms with Crippen molar-refractivity contribution in [2.45, 2.75) is 26.2 Å².